The first-order valence-corrected chi connectivity index (χ1v) is 8.42. The molecule has 0 fully saturated rings. The molecular formula is C13H18BrNO4S. The van der Waals surface area contributed by atoms with E-state index in [2.05, 4.69) is 15.9 Å². The summed E-state index contributed by atoms with van der Waals surface area (Å²) in [6, 6.07) is 4.77. The summed E-state index contributed by atoms with van der Waals surface area (Å²) in [5.41, 5.74) is 0.813. The SMILES string of the molecule is CCN(CC(C)C(=O)O)S(=O)(=O)c1ccc(Br)c(C)c1. The van der Waals surface area contributed by atoms with Crippen LogP contribution in [0.2, 0.25) is 0 Å². The minimum atomic E-state index is -3.67. The summed E-state index contributed by atoms with van der Waals surface area (Å²) in [7, 11) is -3.67. The Labute approximate surface area is 127 Å². The minimum Gasteiger partial charge on any atom is -0.481 e. The van der Waals surface area contributed by atoms with Crippen LogP contribution in [0.25, 0.3) is 0 Å². The van der Waals surface area contributed by atoms with E-state index in [0.717, 1.165) is 10.0 Å². The largest absolute Gasteiger partial charge is 0.481 e. The highest BCUT2D eigenvalue weighted by Gasteiger charge is 2.27. The molecule has 20 heavy (non-hydrogen) atoms. The van der Waals surface area contributed by atoms with Crippen LogP contribution >= 0.6 is 15.9 Å². The molecule has 7 heteroatoms. The molecule has 1 aromatic carbocycles. The van der Waals surface area contributed by atoms with E-state index in [0.29, 0.717) is 0 Å². The summed E-state index contributed by atoms with van der Waals surface area (Å²) < 4.78 is 27.0. The average Bonchev–Trinajstić information content (AvgIpc) is 2.38. The Hall–Kier alpha value is -0.920. The van der Waals surface area contributed by atoms with Crippen molar-refractivity contribution in [3.63, 3.8) is 0 Å². The number of rotatable bonds is 6. The number of halogens is 1. The first kappa shape index (κ1) is 17.1. The summed E-state index contributed by atoms with van der Waals surface area (Å²) in [5, 5.41) is 8.92. The summed E-state index contributed by atoms with van der Waals surface area (Å²) in [6.45, 7) is 5.18. The van der Waals surface area contributed by atoms with Gasteiger partial charge in [0.25, 0.3) is 0 Å². The van der Waals surface area contributed by atoms with Crippen molar-refractivity contribution in [2.45, 2.75) is 25.7 Å². The van der Waals surface area contributed by atoms with E-state index in [1.807, 2.05) is 0 Å². The molecule has 1 N–H and O–H groups in total. The second-order valence-electron chi connectivity index (χ2n) is 4.61. The van der Waals surface area contributed by atoms with Crippen LogP contribution in [-0.2, 0) is 14.8 Å². The van der Waals surface area contributed by atoms with Crippen LogP contribution in [0.4, 0.5) is 0 Å². The lowest BCUT2D eigenvalue weighted by atomic mass is 10.2. The Balaban J connectivity index is 3.11. The number of sulfonamides is 1. The predicted octanol–water partition coefficient (Wildman–Crippen LogP) is 2.49. The van der Waals surface area contributed by atoms with Crippen LogP contribution in [0.3, 0.4) is 0 Å². The summed E-state index contributed by atoms with van der Waals surface area (Å²) in [5.74, 6) is -1.76. The molecular weight excluding hydrogens is 346 g/mol. The molecule has 1 unspecified atom stereocenters. The fourth-order valence-corrected chi connectivity index (χ4v) is 3.58. The highest BCUT2D eigenvalue weighted by molar-refractivity contribution is 9.10. The molecule has 0 saturated carbocycles. The normalized spacial score (nSPS) is 13.4. The third kappa shape index (κ3) is 3.80. The molecule has 1 aromatic rings. The number of benzene rings is 1. The third-order valence-electron chi connectivity index (χ3n) is 3.02. The van der Waals surface area contributed by atoms with Crippen molar-refractivity contribution >= 4 is 31.9 Å². The Morgan fingerprint density at radius 1 is 1.45 bits per heavy atom. The highest BCUT2D eigenvalue weighted by Crippen LogP contribution is 2.23. The molecule has 0 aliphatic heterocycles. The summed E-state index contributed by atoms with van der Waals surface area (Å²) >= 11 is 3.32. The van der Waals surface area contributed by atoms with Gasteiger partial charge in [0.2, 0.25) is 10.0 Å². The zero-order valence-electron chi connectivity index (χ0n) is 11.6. The van der Waals surface area contributed by atoms with Gasteiger partial charge in [-0.3, -0.25) is 4.79 Å². The molecule has 0 amide bonds. The fourth-order valence-electron chi connectivity index (χ4n) is 1.71. The molecule has 0 saturated heterocycles. The minimum absolute atomic E-state index is 0.0384. The summed E-state index contributed by atoms with van der Waals surface area (Å²) in [4.78, 5) is 11.1. The number of hydrogen-bond donors (Lipinski definition) is 1. The van der Waals surface area contributed by atoms with Crippen LogP contribution in [0, 0.1) is 12.8 Å². The van der Waals surface area contributed by atoms with Gasteiger partial charge in [0.15, 0.2) is 0 Å². The van der Waals surface area contributed by atoms with E-state index >= 15 is 0 Å². The second kappa shape index (κ2) is 6.69. The number of hydrogen-bond acceptors (Lipinski definition) is 3. The molecule has 0 radical (unpaired) electrons. The monoisotopic (exact) mass is 363 g/mol. The maximum atomic E-state index is 12.5. The third-order valence-corrected chi connectivity index (χ3v) is 5.85. The van der Waals surface area contributed by atoms with Crippen LogP contribution in [0.1, 0.15) is 19.4 Å². The first-order chi connectivity index (χ1) is 9.20. The molecule has 0 aliphatic carbocycles. The quantitative estimate of drug-likeness (QED) is 0.842. The van der Waals surface area contributed by atoms with Crippen molar-refractivity contribution in [2.24, 2.45) is 5.92 Å². The highest BCUT2D eigenvalue weighted by atomic mass is 79.9. The Morgan fingerprint density at radius 2 is 2.05 bits per heavy atom. The molecule has 5 nitrogen and oxygen atoms in total. The lowest BCUT2D eigenvalue weighted by molar-refractivity contribution is -0.141. The average molecular weight is 364 g/mol. The van der Waals surface area contributed by atoms with Gasteiger partial charge in [-0.2, -0.15) is 4.31 Å². The van der Waals surface area contributed by atoms with Gasteiger partial charge in [-0.15, -0.1) is 0 Å². The predicted molar refractivity (Wildman–Crippen MR) is 80.1 cm³/mol. The number of carbonyl (C=O) groups is 1. The van der Waals surface area contributed by atoms with Crippen molar-refractivity contribution in [3.8, 4) is 0 Å². The van der Waals surface area contributed by atoms with Crippen LogP contribution in [-0.4, -0.2) is 36.9 Å². The molecule has 0 spiro atoms. The molecule has 0 bridgehead atoms. The molecule has 0 aliphatic rings. The lowest BCUT2D eigenvalue weighted by Crippen LogP contribution is -2.36. The van der Waals surface area contributed by atoms with Gasteiger partial charge in [0.1, 0.15) is 0 Å². The van der Waals surface area contributed by atoms with E-state index in [1.165, 1.54) is 17.3 Å². The molecule has 0 heterocycles. The van der Waals surface area contributed by atoms with E-state index < -0.39 is 21.9 Å². The Bertz CT molecular complexity index is 600. The van der Waals surface area contributed by atoms with Crippen molar-refractivity contribution < 1.29 is 18.3 Å². The van der Waals surface area contributed by atoms with Gasteiger partial charge in [-0.1, -0.05) is 29.8 Å². The second-order valence-corrected chi connectivity index (χ2v) is 7.40. The van der Waals surface area contributed by atoms with E-state index in [-0.39, 0.29) is 18.0 Å². The van der Waals surface area contributed by atoms with Gasteiger partial charge >= 0.3 is 5.97 Å². The number of aliphatic carboxylic acids is 1. The van der Waals surface area contributed by atoms with Crippen LogP contribution < -0.4 is 0 Å². The topological polar surface area (TPSA) is 74.7 Å². The van der Waals surface area contributed by atoms with Crippen molar-refractivity contribution in [2.75, 3.05) is 13.1 Å². The van der Waals surface area contributed by atoms with Crippen molar-refractivity contribution in [3.05, 3.63) is 28.2 Å². The first-order valence-electron chi connectivity index (χ1n) is 6.19. The van der Waals surface area contributed by atoms with Gasteiger partial charge in [0, 0.05) is 17.6 Å². The van der Waals surface area contributed by atoms with E-state index in [1.54, 1.807) is 26.0 Å². The molecule has 1 atom stereocenters. The number of aryl methyl sites for hydroxylation is 1. The Morgan fingerprint density at radius 3 is 2.50 bits per heavy atom. The zero-order valence-corrected chi connectivity index (χ0v) is 14.0. The lowest BCUT2D eigenvalue weighted by Gasteiger charge is -2.22. The van der Waals surface area contributed by atoms with Crippen LogP contribution in [0.5, 0.6) is 0 Å². The fraction of sp³-hybridized carbons (Fsp3) is 0.462. The van der Waals surface area contributed by atoms with Gasteiger partial charge < -0.3 is 5.11 Å². The summed E-state index contributed by atoms with van der Waals surface area (Å²) in [6.07, 6.45) is 0. The van der Waals surface area contributed by atoms with Crippen molar-refractivity contribution in [1.82, 2.24) is 4.31 Å². The van der Waals surface area contributed by atoms with Gasteiger partial charge in [0.05, 0.1) is 10.8 Å². The standard InChI is InChI=1S/C13H18BrNO4S/c1-4-15(8-10(3)13(16)17)20(18,19)11-5-6-12(14)9(2)7-11/h5-7,10H,4,8H2,1-3H3,(H,16,17). The molecule has 112 valence electrons. The Kier molecular flexibility index (Phi) is 5.73. The number of carboxylic acid groups (broad SMARTS) is 1. The van der Waals surface area contributed by atoms with Crippen molar-refractivity contribution in [1.29, 1.82) is 0 Å². The maximum Gasteiger partial charge on any atom is 0.307 e. The van der Waals surface area contributed by atoms with Crippen LogP contribution in [0.15, 0.2) is 27.6 Å². The maximum absolute atomic E-state index is 12.5. The molecule has 1 rings (SSSR count). The zero-order chi connectivity index (χ0) is 15.5. The molecule has 0 aromatic heterocycles. The number of nitrogens with zero attached hydrogens (tertiary/aromatic N) is 1. The van der Waals surface area contributed by atoms with E-state index in [4.69, 9.17) is 5.11 Å². The van der Waals surface area contributed by atoms with E-state index in [9.17, 15) is 13.2 Å². The number of carboxylic acids is 1. The van der Waals surface area contributed by atoms with Gasteiger partial charge in [-0.25, -0.2) is 8.42 Å². The smallest absolute Gasteiger partial charge is 0.307 e. The van der Waals surface area contributed by atoms with Gasteiger partial charge in [-0.05, 0) is 30.7 Å².